The molecule has 0 aliphatic carbocycles. The lowest BCUT2D eigenvalue weighted by Gasteiger charge is -2.30. The molecule has 30 heavy (non-hydrogen) atoms. The van der Waals surface area contributed by atoms with Gasteiger partial charge in [0.1, 0.15) is 6.04 Å². The highest BCUT2D eigenvalue weighted by atomic mass is 35.5. The minimum Gasteiger partial charge on any atom is -0.357 e. The number of carbonyl (C=O) groups is 2. The number of benzene rings is 2. The molecule has 0 fully saturated rings. The smallest absolute Gasteiger partial charge is 0.243 e. The molecule has 0 bridgehead atoms. The number of sulfonamides is 1. The zero-order valence-electron chi connectivity index (χ0n) is 17.4. The first-order valence-electron chi connectivity index (χ1n) is 9.34. The standard InChI is InChI=1S/C21H26ClN3O4S/c1-15-8-10-19(11-9-15)30(28,29)24(4)14-20(26)25(16(2)21(27)23-3)13-17-6-5-7-18(22)12-17/h5-12,16H,13-14H2,1-4H3,(H,23,27). The Kier molecular flexibility index (Phi) is 8.00. The SMILES string of the molecule is CNC(=O)C(C)N(Cc1cccc(Cl)c1)C(=O)CN(C)S(=O)(=O)c1ccc(C)cc1. The zero-order valence-corrected chi connectivity index (χ0v) is 19.0. The van der Waals surface area contributed by atoms with Gasteiger partial charge in [0.2, 0.25) is 21.8 Å². The van der Waals surface area contributed by atoms with Crippen molar-refractivity contribution >= 4 is 33.4 Å². The molecule has 0 radical (unpaired) electrons. The second kappa shape index (κ2) is 10.1. The number of rotatable bonds is 8. The molecule has 1 N–H and O–H groups in total. The molecular formula is C21H26ClN3O4S. The van der Waals surface area contributed by atoms with Crippen LogP contribution in [0.15, 0.2) is 53.4 Å². The van der Waals surface area contributed by atoms with Crippen LogP contribution in [0, 0.1) is 6.92 Å². The first-order chi connectivity index (χ1) is 14.1. The third-order valence-electron chi connectivity index (χ3n) is 4.74. The van der Waals surface area contributed by atoms with Crippen LogP contribution in [0.3, 0.4) is 0 Å². The number of nitrogens with zero attached hydrogens (tertiary/aromatic N) is 2. The number of likely N-dealkylation sites (N-methyl/N-ethyl adjacent to an activating group) is 2. The van der Waals surface area contributed by atoms with Gasteiger partial charge in [-0.2, -0.15) is 4.31 Å². The molecule has 9 heteroatoms. The van der Waals surface area contributed by atoms with Crippen LogP contribution in [0.25, 0.3) is 0 Å². The van der Waals surface area contributed by atoms with Crippen LogP contribution in [0.4, 0.5) is 0 Å². The lowest BCUT2D eigenvalue weighted by molar-refractivity contribution is -0.140. The summed E-state index contributed by atoms with van der Waals surface area (Å²) in [5.41, 5.74) is 1.66. The van der Waals surface area contributed by atoms with Crippen LogP contribution in [-0.4, -0.2) is 56.1 Å². The van der Waals surface area contributed by atoms with Gasteiger partial charge in [-0.15, -0.1) is 0 Å². The van der Waals surface area contributed by atoms with Crippen molar-refractivity contribution in [1.82, 2.24) is 14.5 Å². The largest absolute Gasteiger partial charge is 0.357 e. The summed E-state index contributed by atoms with van der Waals surface area (Å²) in [7, 11) is -1.03. The molecular weight excluding hydrogens is 426 g/mol. The van der Waals surface area contributed by atoms with E-state index in [2.05, 4.69) is 5.32 Å². The topological polar surface area (TPSA) is 86.8 Å². The highest BCUT2D eigenvalue weighted by Gasteiger charge is 2.29. The zero-order chi connectivity index (χ0) is 22.5. The van der Waals surface area contributed by atoms with Crippen LogP contribution >= 0.6 is 11.6 Å². The summed E-state index contributed by atoms with van der Waals surface area (Å²) in [6.07, 6.45) is 0. The van der Waals surface area contributed by atoms with E-state index in [9.17, 15) is 18.0 Å². The van der Waals surface area contributed by atoms with Crippen LogP contribution in [-0.2, 0) is 26.2 Å². The molecule has 0 spiro atoms. The molecule has 2 aromatic carbocycles. The molecule has 7 nitrogen and oxygen atoms in total. The van der Waals surface area contributed by atoms with Gasteiger partial charge in [-0.1, -0.05) is 41.4 Å². The van der Waals surface area contributed by atoms with Gasteiger partial charge >= 0.3 is 0 Å². The number of amides is 2. The van der Waals surface area contributed by atoms with Crippen LogP contribution in [0.5, 0.6) is 0 Å². The minimum atomic E-state index is -3.85. The Balaban J connectivity index is 2.26. The number of hydrogen-bond donors (Lipinski definition) is 1. The highest BCUT2D eigenvalue weighted by Crippen LogP contribution is 2.18. The van der Waals surface area contributed by atoms with Crippen molar-refractivity contribution in [2.24, 2.45) is 0 Å². The monoisotopic (exact) mass is 451 g/mol. The lowest BCUT2D eigenvalue weighted by Crippen LogP contribution is -2.50. The summed E-state index contributed by atoms with van der Waals surface area (Å²) >= 11 is 6.03. The summed E-state index contributed by atoms with van der Waals surface area (Å²) in [6, 6.07) is 12.5. The maximum atomic E-state index is 13.0. The van der Waals surface area contributed by atoms with Crippen LogP contribution in [0.2, 0.25) is 5.02 Å². The van der Waals surface area contributed by atoms with Crippen LogP contribution in [0.1, 0.15) is 18.1 Å². The molecule has 2 rings (SSSR count). The second-order valence-corrected chi connectivity index (χ2v) is 9.50. The maximum Gasteiger partial charge on any atom is 0.243 e. The normalized spacial score (nSPS) is 12.5. The van der Waals surface area contributed by atoms with Gasteiger partial charge in [0.05, 0.1) is 11.4 Å². The first kappa shape index (κ1) is 23.9. The van der Waals surface area contributed by atoms with Crippen LogP contribution < -0.4 is 5.32 Å². The molecule has 2 amide bonds. The van der Waals surface area contributed by atoms with Gasteiger partial charge < -0.3 is 10.2 Å². The summed E-state index contributed by atoms with van der Waals surface area (Å²) in [5, 5.41) is 3.03. The van der Waals surface area contributed by atoms with Gasteiger partial charge in [0, 0.05) is 25.7 Å². The van der Waals surface area contributed by atoms with Gasteiger partial charge in [-0.05, 0) is 43.7 Å². The van der Waals surface area contributed by atoms with E-state index >= 15 is 0 Å². The molecule has 0 aliphatic rings. The van der Waals surface area contributed by atoms with Crippen molar-refractivity contribution in [3.05, 3.63) is 64.7 Å². The molecule has 1 atom stereocenters. The molecule has 162 valence electrons. The lowest BCUT2D eigenvalue weighted by atomic mass is 10.1. The summed E-state index contributed by atoms with van der Waals surface area (Å²) < 4.78 is 26.6. The first-order valence-corrected chi connectivity index (χ1v) is 11.2. The van der Waals surface area contributed by atoms with Crippen molar-refractivity contribution < 1.29 is 18.0 Å². The molecule has 0 saturated heterocycles. The molecule has 0 aliphatic heterocycles. The predicted octanol–water partition coefficient (Wildman–Crippen LogP) is 2.43. The number of aryl methyl sites for hydroxylation is 1. The van der Waals surface area contributed by atoms with E-state index in [0.29, 0.717) is 5.02 Å². The van der Waals surface area contributed by atoms with Crippen molar-refractivity contribution in [1.29, 1.82) is 0 Å². The number of carbonyl (C=O) groups excluding carboxylic acids is 2. The molecule has 1 unspecified atom stereocenters. The fraction of sp³-hybridized carbons (Fsp3) is 0.333. The third kappa shape index (κ3) is 5.81. The Morgan fingerprint density at radius 3 is 2.33 bits per heavy atom. The van der Waals surface area contributed by atoms with E-state index < -0.39 is 28.5 Å². The maximum absolute atomic E-state index is 13.0. The average Bonchev–Trinajstić information content (AvgIpc) is 2.71. The van der Waals surface area contributed by atoms with Gasteiger partial charge in [-0.25, -0.2) is 8.42 Å². The summed E-state index contributed by atoms with van der Waals surface area (Å²) in [4.78, 5) is 26.7. The Bertz CT molecular complexity index is 1010. The van der Waals surface area contributed by atoms with Gasteiger partial charge in [0.15, 0.2) is 0 Å². The van der Waals surface area contributed by atoms with Crippen molar-refractivity contribution in [3.63, 3.8) is 0 Å². The van der Waals surface area contributed by atoms with Gasteiger partial charge in [-0.3, -0.25) is 9.59 Å². The third-order valence-corrected chi connectivity index (χ3v) is 6.80. The Labute approximate surface area is 182 Å². The van der Waals surface area contributed by atoms with E-state index in [0.717, 1.165) is 15.4 Å². The average molecular weight is 452 g/mol. The number of halogens is 1. The Morgan fingerprint density at radius 1 is 1.13 bits per heavy atom. The van der Waals surface area contributed by atoms with Crippen molar-refractivity contribution in [3.8, 4) is 0 Å². The Morgan fingerprint density at radius 2 is 1.77 bits per heavy atom. The summed E-state index contributed by atoms with van der Waals surface area (Å²) in [6.45, 7) is 3.16. The minimum absolute atomic E-state index is 0.101. The van der Waals surface area contributed by atoms with E-state index in [1.165, 1.54) is 31.1 Å². The molecule has 0 saturated carbocycles. The molecule has 2 aromatic rings. The molecule has 0 heterocycles. The fourth-order valence-corrected chi connectivity index (χ4v) is 4.21. The predicted molar refractivity (Wildman–Crippen MR) is 117 cm³/mol. The van der Waals surface area contributed by atoms with Gasteiger partial charge in [0.25, 0.3) is 0 Å². The van der Waals surface area contributed by atoms with E-state index in [4.69, 9.17) is 11.6 Å². The quantitative estimate of drug-likeness (QED) is 0.667. The number of hydrogen-bond acceptors (Lipinski definition) is 4. The van der Waals surface area contributed by atoms with E-state index in [1.54, 1.807) is 43.3 Å². The van der Waals surface area contributed by atoms with E-state index in [1.807, 2.05) is 6.92 Å². The number of nitrogens with one attached hydrogen (secondary N) is 1. The Hall–Kier alpha value is -2.42. The highest BCUT2D eigenvalue weighted by molar-refractivity contribution is 7.89. The molecule has 0 aromatic heterocycles. The van der Waals surface area contributed by atoms with E-state index in [-0.39, 0.29) is 17.3 Å². The fourth-order valence-electron chi connectivity index (χ4n) is 2.88. The van der Waals surface area contributed by atoms with Crippen molar-refractivity contribution in [2.75, 3.05) is 20.6 Å². The second-order valence-electron chi connectivity index (χ2n) is 7.02. The summed E-state index contributed by atoms with van der Waals surface area (Å²) in [5.74, 6) is -0.848. The van der Waals surface area contributed by atoms with Crippen molar-refractivity contribution in [2.45, 2.75) is 31.3 Å².